The Morgan fingerprint density at radius 3 is 3.12 bits per heavy atom. The van der Waals surface area contributed by atoms with E-state index in [2.05, 4.69) is 53.3 Å². The van der Waals surface area contributed by atoms with E-state index in [4.69, 9.17) is 4.74 Å². The maximum atomic E-state index is 5.88. The molecule has 88 valence electrons. The summed E-state index contributed by atoms with van der Waals surface area (Å²) in [7, 11) is 0. The van der Waals surface area contributed by atoms with Crippen molar-refractivity contribution >= 4 is 15.9 Å². The molecule has 1 aliphatic rings. The monoisotopic (exact) mass is 283 g/mol. The lowest BCUT2D eigenvalue weighted by molar-refractivity contribution is 0.224. The second-order valence-electron chi connectivity index (χ2n) is 4.52. The standard InChI is InChI=1S/C13H18BrNO/c1-9-3-4-13-11(5-9)6-12(16-13)8-15-10(2)7-14/h3-5,10,12,15H,6-8H2,1-2H3. The summed E-state index contributed by atoms with van der Waals surface area (Å²) in [5.74, 6) is 1.06. The molecule has 0 bridgehead atoms. The average Bonchev–Trinajstić information content (AvgIpc) is 2.67. The molecule has 2 rings (SSSR count). The zero-order valence-electron chi connectivity index (χ0n) is 9.79. The van der Waals surface area contributed by atoms with Crippen LogP contribution in [0.2, 0.25) is 0 Å². The zero-order valence-corrected chi connectivity index (χ0v) is 11.4. The van der Waals surface area contributed by atoms with Gasteiger partial charge in [0.25, 0.3) is 0 Å². The number of aryl methyl sites for hydroxylation is 1. The Labute approximate surface area is 106 Å². The van der Waals surface area contributed by atoms with Crippen molar-refractivity contribution in [2.24, 2.45) is 0 Å². The van der Waals surface area contributed by atoms with Crippen molar-refractivity contribution in [1.82, 2.24) is 5.32 Å². The van der Waals surface area contributed by atoms with Crippen molar-refractivity contribution < 1.29 is 4.74 Å². The molecular formula is C13H18BrNO. The Morgan fingerprint density at radius 1 is 1.56 bits per heavy atom. The second kappa shape index (κ2) is 5.19. The minimum atomic E-state index is 0.290. The molecule has 0 saturated heterocycles. The number of ether oxygens (including phenoxy) is 1. The second-order valence-corrected chi connectivity index (χ2v) is 5.17. The Balaban J connectivity index is 1.90. The number of fused-ring (bicyclic) bond motifs is 1. The van der Waals surface area contributed by atoms with Crippen LogP contribution in [0.5, 0.6) is 5.75 Å². The SMILES string of the molecule is Cc1ccc2c(c1)CC(CNC(C)CBr)O2. The van der Waals surface area contributed by atoms with Gasteiger partial charge in [-0.25, -0.2) is 0 Å². The highest BCUT2D eigenvalue weighted by Crippen LogP contribution is 2.29. The van der Waals surface area contributed by atoms with Gasteiger partial charge in [0.15, 0.2) is 0 Å². The molecule has 16 heavy (non-hydrogen) atoms. The molecule has 0 spiro atoms. The van der Waals surface area contributed by atoms with Crippen molar-refractivity contribution in [1.29, 1.82) is 0 Å². The van der Waals surface area contributed by atoms with Gasteiger partial charge in [0, 0.05) is 24.3 Å². The zero-order chi connectivity index (χ0) is 11.5. The largest absolute Gasteiger partial charge is 0.488 e. The fraction of sp³-hybridized carbons (Fsp3) is 0.538. The fourth-order valence-corrected chi connectivity index (χ4v) is 2.18. The van der Waals surface area contributed by atoms with Gasteiger partial charge in [0.1, 0.15) is 11.9 Å². The first kappa shape index (κ1) is 11.9. The first-order chi connectivity index (χ1) is 7.69. The molecule has 1 aromatic rings. The van der Waals surface area contributed by atoms with E-state index < -0.39 is 0 Å². The molecule has 0 radical (unpaired) electrons. The Hall–Kier alpha value is -0.540. The van der Waals surface area contributed by atoms with E-state index in [0.29, 0.717) is 12.1 Å². The van der Waals surface area contributed by atoms with Crippen LogP contribution >= 0.6 is 15.9 Å². The molecule has 3 heteroatoms. The molecule has 0 saturated carbocycles. The maximum absolute atomic E-state index is 5.88. The van der Waals surface area contributed by atoms with Crippen molar-refractivity contribution in [3.8, 4) is 5.75 Å². The minimum Gasteiger partial charge on any atom is -0.488 e. The number of rotatable bonds is 4. The van der Waals surface area contributed by atoms with Crippen molar-refractivity contribution in [3.63, 3.8) is 0 Å². The summed E-state index contributed by atoms with van der Waals surface area (Å²) < 4.78 is 5.88. The summed E-state index contributed by atoms with van der Waals surface area (Å²) >= 11 is 3.46. The molecule has 1 aromatic carbocycles. The lowest BCUT2D eigenvalue weighted by Crippen LogP contribution is -2.36. The highest BCUT2D eigenvalue weighted by Gasteiger charge is 2.22. The first-order valence-corrected chi connectivity index (χ1v) is 6.86. The molecule has 2 nitrogen and oxygen atoms in total. The minimum absolute atomic E-state index is 0.290. The molecule has 0 aliphatic carbocycles. The average molecular weight is 284 g/mol. The van der Waals surface area contributed by atoms with Crippen molar-refractivity contribution in [2.75, 3.05) is 11.9 Å². The molecule has 0 fully saturated rings. The van der Waals surface area contributed by atoms with E-state index >= 15 is 0 Å². The van der Waals surface area contributed by atoms with Gasteiger partial charge in [-0.15, -0.1) is 0 Å². The lowest BCUT2D eigenvalue weighted by atomic mass is 10.1. The molecular weight excluding hydrogens is 266 g/mol. The predicted octanol–water partition coefficient (Wildman–Crippen LogP) is 2.67. The number of benzene rings is 1. The third-order valence-electron chi connectivity index (χ3n) is 2.88. The van der Waals surface area contributed by atoms with Gasteiger partial charge in [-0.3, -0.25) is 0 Å². The lowest BCUT2D eigenvalue weighted by Gasteiger charge is -2.15. The summed E-state index contributed by atoms with van der Waals surface area (Å²) in [6.07, 6.45) is 1.32. The van der Waals surface area contributed by atoms with E-state index in [-0.39, 0.29) is 0 Å². The quantitative estimate of drug-likeness (QED) is 0.858. The van der Waals surface area contributed by atoms with Gasteiger partial charge in [-0.2, -0.15) is 0 Å². The van der Waals surface area contributed by atoms with Gasteiger partial charge < -0.3 is 10.1 Å². The Morgan fingerprint density at radius 2 is 2.38 bits per heavy atom. The molecule has 0 amide bonds. The van der Waals surface area contributed by atoms with Crippen LogP contribution in [0.3, 0.4) is 0 Å². The molecule has 2 atom stereocenters. The maximum Gasteiger partial charge on any atom is 0.123 e. The fourth-order valence-electron chi connectivity index (χ4n) is 1.95. The topological polar surface area (TPSA) is 21.3 Å². The van der Waals surface area contributed by atoms with Crippen LogP contribution in [-0.4, -0.2) is 24.0 Å². The molecule has 0 aromatic heterocycles. The van der Waals surface area contributed by atoms with E-state index in [1.807, 2.05) is 0 Å². The summed E-state index contributed by atoms with van der Waals surface area (Å²) in [6, 6.07) is 6.91. The smallest absolute Gasteiger partial charge is 0.123 e. The van der Waals surface area contributed by atoms with E-state index in [1.54, 1.807) is 0 Å². The third-order valence-corrected chi connectivity index (χ3v) is 3.85. The summed E-state index contributed by atoms with van der Waals surface area (Å²) in [5.41, 5.74) is 2.66. The number of hydrogen-bond acceptors (Lipinski definition) is 2. The first-order valence-electron chi connectivity index (χ1n) is 5.74. The number of hydrogen-bond donors (Lipinski definition) is 1. The van der Waals surface area contributed by atoms with Gasteiger partial charge in [-0.05, 0) is 25.5 Å². The van der Waals surface area contributed by atoms with E-state index in [9.17, 15) is 0 Å². The molecule has 1 heterocycles. The highest BCUT2D eigenvalue weighted by molar-refractivity contribution is 9.09. The third kappa shape index (κ3) is 2.77. The van der Waals surface area contributed by atoms with Crippen LogP contribution in [0.4, 0.5) is 0 Å². The number of alkyl halides is 1. The van der Waals surface area contributed by atoms with Crippen LogP contribution in [0.1, 0.15) is 18.1 Å². The Bertz CT molecular complexity index is 367. The van der Waals surface area contributed by atoms with E-state index in [1.165, 1.54) is 11.1 Å². The Kier molecular flexibility index (Phi) is 3.87. The molecule has 1 aliphatic heterocycles. The van der Waals surface area contributed by atoms with Gasteiger partial charge in [0.05, 0.1) is 0 Å². The van der Waals surface area contributed by atoms with Gasteiger partial charge in [-0.1, -0.05) is 33.6 Å². The highest BCUT2D eigenvalue weighted by atomic mass is 79.9. The van der Waals surface area contributed by atoms with Crippen molar-refractivity contribution in [2.45, 2.75) is 32.4 Å². The van der Waals surface area contributed by atoms with Crippen LogP contribution in [0, 0.1) is 6.92 Å². The van der Waals surface area contributed by atoms with Gasteiger partial charge in [0.2, 0.25) is 0 Å². The molecule has 2 unspecified atom stereocenters. The van der Waals surface area contributed by atoms with Crippen LogP contribution in [0.25, 0.3) is 0 Å². The van der Waals surface area contributed by atoms with Gasteiger partial charge >= 0.3 is 0 Å². The molecule has 1 N–H and O–H groups in total. The number of halogens is 1. The predicted molar refractivity (Wildman–Crippen MR) is 70.6 cm³/mol. The van der Waals surface area contributed by atoms with E-state index in [0.717, 1.165) is 24.0 Å². The van der Waals surface area contributed by atoms with Crippen LogP contribution in [-0.2, 0) is 6.42 Å². The summed E-state index contributed by atoms with van der Waals surface area (Å²) in [6.45, 7) is 5.21. The van der Waals surface area contributed by atoms with Crippen LogP contribution in [0.15, 0.2) is 18.2 Å². The van der Waals surface area contributed by atoms with Crippen LogP contribution < -0.4 is 10.1 Å². The normalized spacial score (nSPS) is 20.3. The summed E-state index contributed by atoms with van der Waals surface area (Å²) in [5, 5.41) is 4.43. The summed E-state index contributed by atoms with van der Waals surface area (Å²) in [4.78, 5) is 0. The van der Waals surface area contributed by atoms with Crippen molar-refractivity contribution in [3.05, 3.63) is 29.3 Å². The number of nitrogens with one attached hydrogen (secondary N) is 1.